The predicted octanol–water partition coefficient (Wildman–Crippen LogP) is 3.48. The van der Waals surface area contributed by atoms with E-state index >= 15 is 0 Å². The summed E-state index contributed by atoms with van der Waals surface area (Å²) in [6.07, 6.45) is 4.26. The number of rotatable bonds is 2. The molecule has 1 saturated carbocycles. The zero-order chi connectivity index (χ0) is 10.9. The van der Waals surface area contributed by atoms with Gasteiger partial charge < -0.3 is 5.11 Å². The molecule has 0 amide bonds. The van der Waals surface area contributed by atoms with Crippen molar-refractivity contribution in [3.8, 4) is 0 Å². The summed E-state index contributed by atoms with van der Waals surface area (Å²) in [6, 6.07) is 4.20. The number of aliphatic hydroxyl groups is 1. The summed E-state index contributed by atoms with van der Waals surface area (Å²) >= 11 is 1.76. The van der Waals surface area contributed by atoms with Gasteiger partial charge in [0.1, 0.15) is 0 Å². The first-order valence-corrected chi connectivity index (χ1v) is 6.74. The minimum Gasteiger partial charge on any atom is -0.389 e. The molecular weight excluding hydrogens is 204 g/mol. The van der Waals surface area contributed by atoms with E-state index < -0.39 is 5.60 Å². The lowest BCUT2D eigenvalue weighted by atomic mass is 9.69. The number of hydrogen-bond acceptors (Lipinski definition) is 2. The number of hydrogen-bond donors (Lipinski definition) is 1. The van der Waals surface area contributed by atoms with Gasteiger partial charge in [-0.15, -0.1) is 11.3 Å². The van der Waals surface area contributed by atoms with Crippen LogP contribution in [0.4, 0.5) is 0 Å². The van der Waals surface area contributed by atoms with Crippen LogP contribution in [-0.2, 0) is 6.42 Å². The van der Waals surface area contributed by atoms with Gasteiger partial charge in [-0.1, -0.05) is 32.8 Å². The molecule has 0 saturated heterocycles. The van der Waals surface area contributed by atoms with E-state index in [2.05, 4.69) is 31.4 Å². The molecule has 2 rings (SSSR count). The van der Waals surface area contributed by atoms with Gasteiger partial charge in [-0.25, -0.2) is 0 Å². The highest BCUT2D eigenvalue weighted by Gasteiger charge is 2.39. The summed E-state index contributed by atoms with van der Waals surface area (Å²) in [4.78, 5) is 1.32. The molecule has 1 N–H and O–H groups in total. The van der Waals surface area contributed by atoms with Gasteiger partial charge >= 0.3 is 0 Å². The Labute approximate surface area is 96.1 Å². The van der Waals surface area contributed by atoms with Crippen LogP contribution in [0.15, 0.2) is 17.5 Å². The van der Waals surface area contributed by atoms with Crippen LogP contribution in [0.2, 0.25) is 0 Å². The van der Waals surface area contributed by atoms with Crippen LogP contribution in [0.3, 0.4) is 0 Å². The molecule has 84 valence electrons. The lowest BCUT2D eigenvalue weighted by Gasteiger charge is -2.42. The van der Waals surface area contributed by atoms with Crippen molar-refractivity contribution in [3.05, 3.63) is 22.4 Å². The first-order valence-electron chi connectivity index (χ1n) is 5.86. The highest BCUT2D eigenvalue weighted by molar-refractivity contribution is 7.09. The first kappa shape index (κ1) is 11.2. The Morgan fingerprint density at radius 1 is 1.53 bits per heavy atom. The molecule has 1 heterocycles. The smallest absolute Gasteiger partial charge is 0.0723 e. The SMILES string of the molecule is CC1CCCC(O)(Cc2cccs2)C1C. The molecule has 1 aliphatic carbocycles. The summed E-state index contributed by atoms with van der Waals surface area (Å²) in [6.45, 7) is 4.47. The average Bonchev–Trinajstić information content (AvgIpc) is 2.67. The van der Waals surface area contributed by atoms with Gasteiger partial charge in [0.25, 0.3) is 0 Å². The third-order valence-corrected chi connectivity index (χ3v) is 4.91. The summed E-state index contributed by atoms with van der Waals surface area (Å²) in [5.74, 6) is 1.08. The van der Waals surface area contributed by atoms with Crippen LogP contribution >= 0.6 is 11.3 Å². The molecule has 0 aliphatic heterocycles. The molecule has 0 spiro atoms. The van der Waals surface area contributed by atoms with Gasteiger partial charge in [-0.2, -0.15) is 0 Å². The van der Waals surface area contributed by atoms with Crippen molar-refractivity contribution in [1.82, 2.24) is 0 Å². The lowest BCUT2D eigenvalue weighted by Crippen LogP contribution is -2.44. The van der Waals surface area contributed by atoms with E-state index in [0.717, 1.165) is 12.8 Å². The van der Waals surface area contributed by atoms with Crippen LogP contribution in [-0.4, -0.2) is 10.7 Å². The summed E-state index contributed by atoms with van der Waals surface area (Å²) in [7, 11) is 0. The maximum absolute atomic E-state index is 10.7. The molecule has 0 bridgehead atoms. The van der Waals surface area contributed by atoms with E-state index in [-0.39, 0.29) is 0 Å². The Balaban J connectivity index is 2.11. The number of thiophene rings is 1. The van der Waals surface area contributed by atoms with Crippen LogP contribution in [0.1, 0.15) is 38.0 Å². The van der Waals surface area contributed by atoms with E-state index in [0.29, 0.717) is 11.8 Å². The molecule has 1 aromatic rings. The van der Waals surface area contributed by atoms with Gasteiger partial charge in [-0.05, 0) is 29.7 Å². The molecule has 15 heavy (non-hydrogen) atoms. The van der Waals surface area contributed by atoms with E-state index in [9.17, 15) is 5.11 Å². The van der Waals surface area contributed by atoms with E-state index in [1.807, 2.05) is 0 Å². The normalized spacial score (nSPS) is 36.7. The Bertz CT molecular complexity index is 306. The summed E-state index contributed by atoms with van der Waals surface area (Å²) in [5, 5.41) is 12.8. The lowest BCUT2D eigenvalue weighted by molar-refractivity contribution is -0.0615. The van der Waals surface area contributed by atoms with Crippen LogP contribution in [0.5, 0.6) is 0 Å². The zero-order valence-corrected chi connectivity index (χ0v) is 10.4. The fraction of sp³-hybridized carbons (Fsp3) is 0.692. The Morgan fingerprint density at radius 2 is 2.33 bits per heavy atom. The fourth-order valence-electron chi connectivity index (χ4n) is 2.70. The van der Waals surface area contributed by atoms with E-state index in [1.165, 1.54) is 17.7 Å². The molecule has 1 aliphatic rings. The monoisotopic (exact) mass is 224 g/mol. The van der Waals surface area contributed by atoms with Crippen molar-refractivity contribution in [2.75, 3.05) is 0 Å². The third-order valence-electron chi connectivity index (χ3n) is 4.03. The van der Waals surface area contributed by atoms with Gasteiger partial charge in [-0.3, -0.25) is 0 Å². The van der Waals surface area contributed by atoms with Crippen molar-refractivity contribution < 1.29 is 5.11 Å². The topological polar surface area (TPSA) is 20.2 Å². The van der Waals surface area contributed by atoms with Crippen molar-refractivity contribution in [2.45, 2.75) is 45.1 Å². The van der Waals surface area contributed by atoms with Gasteiger partial charge in [0.05, 0.1) is 5.60 Å². The molecule has 0 aromatic carbocycles. The predicted molar refractivity (Wildman–Crippen MR) is 65.2 cm³/mol. The average molecular weight is 224 g/mol. The molecule has 3 atom stereocenters. The van der Waals surface area contributed by atoms with Crippen LogP contribution in [0.25, 0.3) is 0 Å². The molecule has 1 nitrogen and oxygen atoms in total. The highest BCUT2D eigenvalue weighted by Crippen LogP contribution is 2.40. The first-order chi connectivity index (χ1) is 7.12. The van der Waals surface area contributed by atoms with Crippen molar-refractivity contribution in [1.29, 1.82) is 0 Å². The minimum absolute atomic E-state index is 0.424. The van der Waals surface area contributed by atoms with Crippen molar-refractivity contribution in [2.24, 2.45) is 11.8 Å². The second-order valence-corrected chi connectivity index (χ2v) is 6.05. The summed E-state index contributed by atoms with van der Waals surface area (Å²) in [5.41, 5.74) is -0.456. The second-order valence-electron chi connectivity index (χ2n) is 5.02. The van der Waals surface area contributed by atoms with Crippen molar-refractivity contribution in [3.63, 3.8) is 0 Å². The minimum atomic E-state index is -0.456. The largest absolute Gasteiger partial charge is 0.389 e. The van der Waals surface area contributed by atoms with E-state index in [4.69, 9.17) is 0 Å². The van der Waals surface area contributed by atoms with Crippen LogP contribution < -0.4 is 0 Å². The standard InChI is InChI=1S/C13H20OS/c1-10-5-3-7-13(14,11(10)2)9-12-6-4-8-15-12/h4,6,8,10-11,14H,3,5,7,9H2,1-2H3. The molecule has 0 radical (unpaired) electrons. The Hall–Kier alpha value is -0.340. The van der Waals surface area contributed by atoms with Gasteiger partial charge in [0.2, 0.25) is 0 Å². The zero-order valence-electron chi connectivity index (χ0n) is 9.57. The quantitative estimate of drug-likeness (QED) is 0.815. The van der Waals surface area contributed by atoms with Gasteiger partial charge in [0, 0.05) is 11.3 Å². The maximum Gasteiger partial charge on any atom is 0.0723 e. The fourth-order valence-corrected chi connectivity index (χ4v) is 3.52. The molecule has 3 unspecified atom stereocenters. The Morgan fingerprint density at radius 3 is 3.00 bits per heavy atom. The van der Waals surface area contributed by atoms with Crippen LogP contribution in [0, 0.1) is 11.8 Å². The van der Waals surface area contributed by atoms with Gasteiger partial charge in [0.15, 0.2) is 0 Å². The highest BCUT2D eigenvalue weighted by atomic mass is 32.1. The molecule has 2 heteroatoms. The van der Waals surface area contributed by atoms with E-state index in [1.54, 1.807) is 11.3 Å². The Kier molecular flexibility index (Phi) is 3.17. The summed E-state index contributed by atoms with van der Waals surface area (Å²) < 4.78 is 0. The second kappa shape index (κ2) is 4.26. The third kappa shape index (κ3) is 2.26. The molecule has 1 aromatic heterocycles. The maximum atomic E-state index is 10.7. The molecule has 1 fully saturated rings. The molecular formula is C13H20OS. The van der Waals surface area contributed by atoms with Crippen molar-refractivity contribution >= 4 is 11.3 Å².